The molecule has 0 radical (unpaired) electrons. The molecule has 23 heavy (non-hydrogen) atoms. The fourth-order valence-corrected chi connectivity index (χ4v) is 3.22. The van der Waals surface area contributed by atoms with Crippen LogP contribution in [0.4, 0.5) is 4.39 Å². The van der Waals surface area contributed by atoms with Gasteiger partial charge in [0.15, 0.2) is 5.78 Å². The number of halogens is 2. The van der Waals surface area contributed by atoms with Crippen molar-refractivity contribution in [3.63, 3.8) is 0 Å². The van der Waals surface area contributed by atoms with E-state index in [1.807, 2.05) is 18.2 Å². The molecular formula is C19H19ClFNO. The number of hydrogen-bond donors (Lipinski definition) is 0. The average Bonchev–Trinajstić information content (AvgIpc) is 2.56. The Balaban J connectivity index is 1.88. The number of ketones is 1. The van der Waals surface area contributed by atoms with Crippen molar-refractivity contribution in [2.24, 2.45) is 0 Å². The molecule has 0 N–H and O–H groups in total. The summed E-state index contributed by atoms with van der Waals surface area (Å²) in [6, 6.07) is 11.7. The lowest BCUT2D eigenvalue weighted by Crippen LogP contribution is -2.29. The average molecular weight is 332 g/mol. The van der Waals surface area contributed by atoms with Gasteiger partial charge in [-0.25, -0.2) is 4.39 Å². The molecule has 1 saturated heterocycles. The Kier molecular flexibility index (Phi) is 5.09. The highest BCUT2D eigenvalue weighted by molar-refractivity contribution is 6.30. The summed E-state index contributed by atoms with van der Waals surface area (Å²) in [7, 11) is 0. The van der Waals surface area contributed by atoms with Crippen LogP contribution in [0.5, 0.6) is 0 Å². The number of likely N-dealkylation sites (tertiary alicyclic amines) is 1. The van der Waals surface area contributed by atoms with Crippen molar-refractivity contribution in [1.29, 1.82) is 0 Å². The maximum atomic E-state index is 14.1. The number of rotatable bonds is 4. The predicted octanol–water partition coefficient (Wildman–Crippen LogP) is 4.70. The molecule has 1 aliphatic heterocycles. The molecule has 3 rings (SSSR count). The second-order valence-electron chi connectivity index (χ2n) is 5.95. The highest BCUT2D eigenvalue weighted by Gasteiger charge is 2.19. The van der Waals surface area contributed by atoms with Gasteiger partial charge in [0.25, 0.3) is 0 Å². The van der Waals surface area contributed by atoms with Crippen LogP contribution < -0.4 is 0 Å². The van der Waals surface area contributed by atoms with Crippen LogP contribution in [0.25, 0.3) is 0 Å². The van der Waals surface area contributed by atoms with E-state index >= 15 is 0 Å². The van der Waals surface area contributed by atoms with Crippen LogP contribution in [0.3, 0.4) is 0 Å². The van der Waals surface area contributed by atoms with Gasteiger partial charge in [-0.1, -0.05) is 42.3 Å². The summed E-state index contributed by atoms with van der Waals surface area (Å²) in [5.74, 6) is -0.859. The van der Waals surface area contributed by atoms with Crippen LogP contribution in [0.1, 0.15) is 40.7 Å². The molecule has 0 amide bonds. The van der Waals surface area contributed by atoms with Crippen LogP contribution in [0.2, 0.25) is 5.02 Å². The standard InChI is InChI=1S/C19H19ClFNO/c20-15-8-9-17(18(21)12-15)19(23)16-7-3-2-6-14(16)13-22-10-4-1-5-11-22/h2-3,6-9,12H,1,4-5,10-11,13H2. The van der Waals surface area contributed by atoms with Gasteiger partial charge in [0.05, 0.1) is 5.56 Å². The van der Waals surface area contributed by atoms with E-state index in [0.717, 1.165) is 25.2 Å². The van der Waals surface area contributed by atoms with Gasteiger partial charge in [-0.05, 0) is 49.7 Å². The van der Waals surface area contributed by atoms with Crippen LogP contribution in [0, 0.1) is 5.82 Å². The maximum absolute atomic E-state index is 14.1. The lowest BCUT2D eigenvalue weighted by molar-refractivity contribution is 0.103. The zero-order valence-corrected chi connectivity index (χ0v) is 13.7. The third-order valence-electron chi connectivity index (χ3n) is 4.28. The van der Waals surface area contributed by atoms with E-state index in [4.69, 9.17) is 11.6 Å². The number of carbonyl (C=O) groups is 1. The molecule has 2 aromatic carbocycles. The highest BCUT2D eigenvalue weighted by Crippen LogP contribution is 2.22. The maximum Gasteiger partial charge on any atom is 0.196 e. The first-order valence-electron chi connectivity index (χ1n) is 7.95. The van der Waals surface area contributed by atoms with Gasteiger partial charge in [-0.2, -0.15) is 0 Å². The second kappa shape index (κ2) is 7.24. The van der Waals surface area contributed by atoms with E-state index in [-0.39, 0.29) is 11.3 Å². The Morgan fingerprint density at radius 3 is 2.52 bits per heavy atom. The number of benzene rings is 2. The summed E-state index contributed by atoms with van der Waals surface area (Å²) in [6.45, 7) is 2.84. The molecule has 120 valence electrons. The monoisotopic (exact) mass is 331 g/mol. The molecule has 0 bridgehead atoms. The molecule has 1 aliphatic rings. The van der Waals surface area contributed by atoms with Crippen molar-refractivity contribution >= 4 is 17.4 Å². The topological polar surface area (TPSA) is 20.3 Å². The van der Waals surface area contributed by atoms with Crippen molar-refractivity contribution in [3.05, 3.63) is 70.0 Å². The van der Waals surface area contributed by atoms with Crippen molar-refractivity contribution in [1.82, 2.24) is 4.90 Å². The summed E-state index contributed by atoms with van der Waals surface area (Å²) in [4.78, 5) is 15.1. The largest absolute Gasteiger partial charge is 0.299 e. The van der Waals surface area contributed by atoms with Crippen LogP contribution in [-0.4, -0.2) is 23.8 Å². The number of piperidine rings is 1. The van der Waals surface area contributed by atoms with Crippen LogP contribution in [0.15, 0.2) is 42.5 Å². The van der Waals surface area contributed by atoms with Gasteiger partial charge >= 0.3 is 0 Å². The Morgan fingerprint density at radius 1 is 1.04 bits per heavy atom. The first-order valence-corrected chi connectivity index (χ1v) is 8.33. The first-order chi connectivity index (χ1) is 11.1. The fourth-order valence-electron chi connectivity index (χ4n) is 3.06. The molecule has 0 aromatic heterocycles. The van der Waals surface area contributed by atoms with Crippen LogP contribution >= 0.6 is 11.6 Å². The molecule has 0 saturated carbocycles. The van der Waals surface area contributed by atoms with E-state index in [9.17, 15) is 9.18 Å². The van der Waals surface area contributed by atoms with Gasteiger partial charge < -0.3 is 0 Å². The molecule has 1 fully saturated rings. The summed E-state index contributed by atoms with van der Waals surface area (Å²) in [5, 5.41) is 0.292. The molecular weight excluding hydrogens is 313 g/mol. The Bertz CT molecular complexity index is 710. The number of hydrogen-bond acceptors (Lipinski definition) is 2. The number of nitrogens with zero attached hydrogens (tertiary/aromatic N) is 1. The molecule has 0 spiro atoms. The fraction of sp³-hybridized carbons (Fsp3) is 0.316. The molecule has 2 aromatic rings. The summed E-state index contributed by atoms with van der Waals surface area (Å²) >= 11 is 5.77. The quantitative estimate of drug-likeness (QED) is 0.757. The summed E-state index contributed by atoms with van der Waals surface area (Å²) in [5.41, 5.74) is 1.59. The summed E-state index contributed by atoms with van der Waals surface area (Å²) in [6.07, 6.45) is 3.66. The minimum atomic E-state index is -0.574. The first kappa shape index (κ1) is 16.2. The molecule has 0 aliphatic carbocycles. The van der Waals surface area contributed by atoms with Crippen molar-refractivity contribution in [3.8, 4) is 0 Å². The molecule has 2 nitrogen and oxygen atoms in total. The van der Waals surface area contributed by atoms with Gasteiger partial charge in [-0.3, -0.25) is 9.69 Å². The van der Waals surface area contributed by atoms with Crippen molar-refractivity contribution in [2.75, 3.05) is 13.1 Å². The van der Waals surface area contributed by atoms with E-state index < -0.39 is 5.82 Å². The minimum Gasteiger partial charge on any atom is -0.299 e. The SMILES string of the molecule is O=C(c1ccc(Cl)cc1F)c1ccccc1CN1CCCCC1. The van der Waals surface area contributed by atoms with Gasteiger partial charge in [0.2, 0.25) is 0 Å². The zero-order chi connectivity index (χ0) is 16.2. The minimum absolute atomic E-state index is 0.0699. The van der Waals surface area contributed by atoms with Crippen molar-refractivity contribution in [2.45, 2.75) is 25.8 Å². The Labute approximate surface area is 140 Å². The van der Waals surface area contributed by atoms with E-state index in [1.165, 1.54) is 31.4 Å². The molecule has 0 unspecified atom stereocenters. The van der Waals surface area contributed by atoms with Crippen LogP contribution in [-0.2, 0) is 6.54 Å². The van der Waals surface area contributed by atoms with E-state index in [0.29, 0.717) is 10.6 Å². The smallest absolute Gasteiger partial charge is 0.196 e. The normalized spacial score (nSPS) is 15.6. The lowest BCUT2D eigenvalue weighted by Gasteiger charge is -2.27. The van der Waals surface area contributed by atoms with Gasteiger partial charge in [-0.15, -0.1) is 0 Å². The third kappa shape index (κ3) is 3.80. The lowest BCUT2D eigenvalue weighted by atomic mass is 9.97. The van der Waals surface area contributed by atoms with Gasteiger partial charge in [0.1, 0.15) is 5.82 Å². The molecule has 1 heterocycles. The van der Waals surface area contributed by atoms with Crippen molar-refractivity contribution < 1.29 is 9.18 Å². The zero-order valence-electron chi connectivity index (χ0n) is 12.9. The predicted molar refractivity (Wildman–Crippen MR) is 90.4 cm³/mol. The van der Waals surface area contributed by atoms with Gasteiger partial charge in [0, 0.05) is 17.1 Å². The van der Waals surface area contributed by atoms with E-state index in [1.54, 1.807) is 12.1 Å². The summed E-state index contributed by atoms with van der Waals surface area (Å²) < 4.78 is 14.1. The molecule has 4 heteroatoms. The Hall–Kier alpha value is -1.71. The highest BCUT2D eigenvalue weighted by atomic mass is 35.5. The Morgan fingerprint density at radius 2 is 1.78 bits per heavy atom. The second-order valence-corrected chi connectivity index (χ2v) is 6.38. The van der Waals surface area contributed by atoms with E-state index in [2.05, 4.69) is 4.90 Å². The molecule has 0 atom stereocenters. The number of carbonyl (C=O) groups excluding carboxylic acids is 1. The third-order valence-corrected chi connectivity index (χ3v) is 4.52.